The van der Waals surface area contributed by atoms with Crippen molar-refractivity contribution in [3.8, 4) is 0 Å². The standard InChI is InChI=1S/C12H17BrN2O3/c13-11-3-1-2-10(8-11)9-15-12(17)14-4-6-18-7-5-16/h1-3,8,16H,4-7,9H2,(H2,14,15,17). The smallest absolute Gasteiger partial charge is 0.315 e. The highest BCUT2D eigenvalue weighted by atomic mass is 79.9. The van der Waals surface area contributed by atoms with Gasteiger partial charge in [0.1, 0.15) is 0 Å². The Morgan fingerprint density at radius 2 is 2.17 bits per heavy atom. The molecule has 2 amide bonds. The zero-order valence-electron chi connectivity index (χ0n) is 9.99. The van der Waals surface area contributed by atoms with E-state index in [1.54, 1.807) is 0 Å². The second kappa shape index (κ2) is 8.91. The fourth-order valence-corrected chi connectivity index (χ4v) is 1.74. The van der Waals surface area contributed by atoms with E-state index in [9.17, 15) is 4.79 Å². The topological polar surface area (TPSA) is 70.6 Å². The van der Waals surface area contributed by atoms with E-state index in [0.29, 0.717) is 26.3 Å². The maximum Gasteiger partial charge on any atom is 0.315 e. The van der Waals surface area contributed by atoms with Crippen LogP contribution in [-0.4, -0.2) is 37.5 Å². The molecule has 0 fully saturated rings. The number of benzene rings is 1. The van der Waals surface area contributed by atoms with Gasteiger partial charge in [0.25, 0.3) is 0 Å². The minimum absolute atomic E-state index is 0.00488. The Morgan fingerprint density at radius 1 is 1.33 bits per heavy atom. The molecule has 0 aliphatic heterocycles. The van der Waals surface area contributed by atoms with Crippen LogP contribution in [0.1, 0.15) is 5.56 Å². The molecule has 1 rings (SSSR count). The summed E-state index contributed by atoms with van der Waals surface area (Å²) < 4.78 is 6.00. The highest BCUT2D eigenvalue weighted by Gasteiger charge is 2.00. The molecule has 18 heavy (non-hydrogen) atoms. The number of carbonyl (C=O) groups is 1. The number of carbonyl (C=O) groups excluding carboxylic acids is 1. The molecule has 1 aromatic rings. The number of nitrogens with one attached hydrogen (secondary N) is 2. The number of hydrogen-bond donors (Lipinski definition) is 3. The minimum Gasteiger partial charge on any atom is -0.394 e. The Labute approximate surface area is 115 Å². The Kier molecular flexibility index (Phi) is 7.40. The minimum atomic E-state index is -0.234. The molecule has 0 atom stereocenters. The molecule has 0 saturated heterocycles. The number of halogens is 1. The zero-order chi connectivity index (χ0) is 13.2. The van der Waals surface area contributed by atoms with Gasteiger partial charge in [-0.15, -0.1) is 0 Å². The average Bonchev–Trinajstić information content (AvgIpc) is 2.36. The van der Waals surface area contributed by atoms with Gasteiger partial charge in [-0.25, -0.2) is 4.79 Å². The molecule has 6 heteroatoms. The molecule has 3 N–H and O–H groups in total. The van der Waals surface area contributed by atoms with Crippen LogP contribution >= 0.6 is 15.9 Å². The molecule has 0 radical (unpaired) electrons. The lowest BCUT2D eigenvalue weighted by Crippen LogP contribution is -2.37. The molecule has 0 unspecified atom stereocenters. The van der Waals surface area contributed by atoms with Crippen molar-refractivity contribution in [1.29, 1.82) is 0 Å². The van der Waals surface area contributed by atoms with Gasteiger partial charge in [0.05, 0.1) is 19.8 Å². The molecule has 0 spiro atoms. The molecular weight excluding hydrogens is 300 g/mol. The van der Waals surface area contributed by atoms with Crippen molar-refractivity contribution in [3.05, 3.63) is 34.3 Å². The van der Waals surface area contributed by atoms with Crippen molar-refractivity contribution in [2.75, 3.05) is 26.4 Å². The van der Waals surface area contributed by atoms with E-state index in [4.69, 9.17) is 9.84 Å². The van der Waals surface area contributed by atoms with Crippen molar-refractivity contribution in [2.24, 2.45) is 0 Å². The summed E-state index contributed by atoms with van der Waals surface area (Å²) in [5.41, 5.74) is 1.02. The number of hydrogen-bond acceptors (Lipinski definition) is 3. The third-order valence-electron chi connectivity index (χ3n) is 2.11. The fraction of sp³-hybridized carbons (Fsp3) is 0.417. The third kappa shape index (κ3) is 6.58. The third-order valence-corrected chi connectivity index (χ3v) is 2.60. The zero-order valence-corrected chi connectivity index (χ0v) is 11.6. The predicted octanol–water partition coefficient (Wildman–Crippen LogP) is 1.26. The van der Waals surface area contributed by atoms with Gasteiger partial charge in [-0.1, -0.05) is 28.1 Å². The van der Waals surface area contributed by atoms with E-state index in [1.165, 1.54) is 0 Å². The van der Waals surface area contributed by atoms with Crippen molar-refractivity contribution in [2.45, 2.75) is 6.54 Å². The lowest BCUT2D eigenvalue weighted by atomic mass is 10.2. The van der Waals surface area contributed by atoms with Crippen LogP contribution in [0.4, 0.5) is 4.79 Å². The van der Waals surface area contributed by atoms with E-state index < -0.39 is 0 Å². The van der Waals surface area contributed by atoms with E-state index >= 15 is 0 Å². The van der Waals surface area contributed by atoms with Gasteiger partial charge < -0.3 is 20.5 Å². The van der Waals surface area contributed by atoms with Gasteiger partial charge in [-0.05, 0) is 17.7 Å². The van der Waals surface area contributed by atoms with Gasteiger partial charge in [-0.2, -0.15) is 0 Å². The lowest BCUT2D eigenvalue weighted by molar-refractivity contribution is 0.0947. The van der Waals surface area contributed by atoms with Gasteiger partial charge in [0.2, 0.25) is 0 Å². The summed E-state index contributed by atoms with van der Waals surface area (Å²) in [6, 6.07) is 7.51. The Bertz CT molecular complexity index is 374. The molecule has 0 aliphatic carbocycles. The first-order valence-corrected chi connectivity index (χ1v) is 6.46. The fourth-order valence-electron chi connectivity index (χ4n) is 1.30. The second-order valence-corrected chi connectivity index (χ2v) is 4.49. The Balaban J connectivity index is 2.13. The van der Waals surface area contributed by atoms with E-state index in [1.807, 2.05) is 24.3 Å². The lowest BCUT2D eigenvalue weighted by Gasteiger charge is -2.08. The summed E-state index contributed by atoms with van der Waals surface area (Å²) >= 11 is 3.37. The maximum atomic E-state index is 11.4. The quantitative estimate of drug-likeness (QED) is 0.663. The first-order chi connectivity index (χ1) is 8.72. The van der Waals surface area contributed by atoms with Crippen molar-refractivity contribution in [1.82, 2.24) is 10.6 Å². The summed E-state index contributed by atoms with van der Waals surface area (Å²) in [4.78, 5) is 11.4. The van der Waals surface area contributed by atoms with Crippen LogP contribution in [0, 0.1) is 0 Å². The highest BCUT2D eigenvalue weighted by molar-refractivity contribution is 9.10. The number of ether oxygens (including phenoxy) is 1. The van der Waals surface area contributed by atoms with Crippen LogP contribution in [0.2, 0.25) is 0 Å². The summed E-state index contributed by atoms with van der Waals surface area (Å²) in [6.07, 6.45) is 0. The summed E-state index contributed by atoms with van der Waals surface area (Å²) in [5.74, 6) is 0. The SMILES string of the molecule is O=C(NCCOCCO)NCc1cccc(Br)c1. The molecule has 0 heterocycles. The number of urea groups is 1. The number of amides is 2. The molecule has 0 bridgehead atoms. The molecule has 0 aromatic heterocycles. The molecule has 100 valence electrons. The number of aliphatic hydroxyl groups excluding tert-OH is 1. The summed E-state index contributed by atoms with van der Waals surface area (Å²) in [5, 5.41) is 13.9. The molecule has 1 aromatic carbocycles. The normalized spacial score (nSPS) is 10.1. The summed E-state index contributed by atoms with van der Waals surface area (Å²) in [6.45, 7) is 1.58. The Morgan fingerprint density at radius 3 is 2.89 bits per heavy atom. The van der Waals surface area contributed by atoms with Crippen LogP contribution in [0.5, 0.6) is 0 Å². The van der Waals surface area contributed by atoms with E-state index in [2.05, 4.69) is 26.6 Å². The molecule has 0 saturated carbocycles. The van der Waals surface area contributed by atoms with Crippen molar-refractivity contribution < 1.29 is 14.6 Å². The molecule has 5 nitrogen and oxygen atoms in total. The van der Waals surface area contributed by atoms with Crippen LogP contribution in [0.3, 0.4) is 0 Å². The molecule has 0 aliphatic rings. The van der Waals surface area contributed by atoms with Crippen LogP contribution in [0.15, 0.2) is 28.7 Å². The van der Waals surface area contributed by atoms with Crippen molar-refractivity contribution in [3.63, 3.8) is 0 Å². The first kappa shape index (κ1) is 14.9. The first-order valence-electron chi connectivity index (χ1n) is 5.67. The number of aliphatic hydroxyl groups is 1. The van der Waals surface area contributed by atoms with Crippen LogP contribution < -0.4 is 10.6 Å². The van der Waals surface area contributed by atoms with E-state index in [-0.39, 0.29) is 12.6 Å². The Hall–Kier alpha value is -1.11. The van der Waals surface area contributed by atoms with Gasteiger partial charge in [-0.3, -0.25) is 0 Å². The van der Waals surface area contributed by atoms with Crippen LogP contribution in [0.25, 0.3) is 0 Å². The van der Waals surface area contributed by atoms with Crippen molar-refractivity contribution >= 4 is 22.0 Å². The van der Waals surface area contributed by atoms with Gasteiger partial charge >= 0.3 is 6.03 Å². The highest BCUT2D eigenvalue weighted by Crippen LogP contribution is 2.11. The summed E-state index contributed by atoms with van der Waals surface area (Å²) in [7, 11) is 0. The monoisotopic (exact) mass is 316 g/mol. The average molecular weight is 317 g/mol. The second-order valence-electron chi connectivity index (χ2n) is 3.58. The van der Waals surface area contributed by atoms with E-state index in [0.717, 1.165) is 10.0 Å². The van der Waals surface area contributed by atoms with Gasteiger partial charge in [0, 0.05) is 17.6 Å². The number of rotatable bonds is 7. The van der Waals surface area contributed by atoms with Gasteiger partial charge in [0.15, 0.2) is 0 Å². The predicted molar refractivity (Wildman–Crippen MR) is 72.3 cm³/mol. The van der Waals surface area contributed by atoms with Crippen LogP contribution in [-0.2, 0) is 11.3 Å². The largest absolute Gasteiger partial charge is 0.394 e. The maximum absolute atomic E-state index is 11.4. The molecular formula is C12H17BrN2O3.